The Morgan fingerprint density at radius 3 is 2.53 bits per heavy atom. The molecule has 0 saturated carbocycles. The smallest absolute Gasteiger partial charge is 0.320 e. The third-order valence-corrected chi connectivity index (χ3v) is 7.08. The molecule has 1 saturated heterocycles. The lowest BCUT2D eigenvalue weighted by molar-refractivity contribution is 0.0626. The molecule has 1 aromatic carbocycles. The fourth-order valence-electron chi connectivity index (χ4n) is 4.30. The Balaban J connectivity index is 1.45. The van der Waals surface area contributed by atoms with E-state index in [1.807, 2.05) is 46.2 Å². The van der Waals surface area contributed by atoms with Crippen molar-refractivity contribution in [1.82, 2.24) is 19.7 Å². The summed E-state index contributed by atoms with van der Waals surface area (Å²) in [5.74, 6) is 0.146. The number of benzene rings is 1. The number of urea groups is 1. The van der Waals surface area contributed by atoms with E-state index in [9.17, 15) is 9.59 Å². The average Bonchev–Trinajstić information content (AvgIpc) is 2.86. The molecule has 2 heterocycles. The number of aromatic nitrogens is 1. The maximum atomic E-state index is 13.6. The van der Waals surface area contributed by atoms with E-state index in [-0.39, 0.29) is 23.8 Å². The highest BCUT2D eigenvalue weighted by Crippen LogP contribution is 2.30. The van der Waals surface area contributed by atoms with Crippen molar-refractivity contribution in [3.05, 3.63) is 88.2 Å². The first kappa shape index (κ1) is 24.3. The number of carbonyl (C=O) groups is 2. The molecule has 3 amide bonds. The largest absolute Gasteiger partial charge is 0.334 e. The van der Waals surface area contributed by atoms with Crippen LogP contribution in [0.4, 0.5) is 4.79 Å². The van der Waals surface area contributed by atoms with Gasteiger partial charge in [0, 0.05) is 61.4 Å². The van der Waals surface area contributed by atoms with Gasteiger partial charge in [-0.25, -0.2) is 4.79 Å². The Kier molecular flexibility index (Phi) is 7.91. The first-order chi connectivity index (χ1) is 16.4. The third kappa shape index (κ3) is 5.80. The van der Waals surface area contributed by atoms with Gasteiger partial charge in [-0.2, -0.15) is 0 Å². The quantitative estimate of drug-likeness (QED) is 0.578. The molecule has 1 aliphatic heterocycles. The van der Waals surface area contributed by atoms with Gasteiger partial charge in [-0.05, 0) is 41.8 Å². The molecule has 2 aromatic rings. The fraction of sp³-hybridized carbons (Fsp3) is 0.346. The van der Waals surface area contributed by atoms with Crippen molar-refractivity contribution in [2.45, 2.75) is 13.5 Å². The van der Waals surface area contributed by atoms with Crippen molar-refractivity contribution in [3.63, 3.8) is 0 Å². The number of hydrogen-bond acceptors (Lipinski definition) is 3. The van der Waals surface area contributed by atoms with E-state index in [0.29, 0.717) is 50.0 Å². The normalized spacial score (nSPS) is 20.1. The van der Waals surface area contributed by atoms with E-state index in [0.717, 1.165) is 10.6 Å². The van der Waals surface area contributed by atoms with Gasteiger partial charge in [0.1, 0.15) is 5.69 Å². The molecule has 2 unspecified atom stereocenters. The van der Waals surface area contributed by atoms with Gasteiger partial charge in [0.15, 0.2) is 0 Å². The van der Waals surface area contributed by atoms with Crippen LogP contribution in [-0.4, -0.2) is 64.3 Å². The monoisotopic (exact) mass is 498 g/mol. The van der Waals surface area contributed by atoms with Crippen LogP contribution >= 0.6 is 23.2 Å². The van der Waals surface area contributed by atoms with Gasteiger partial charge < -0.3 is 14.7 Å². The number of halogens is 2. The van der Waals surface area contributed by atoms with E-state index in [2.05, 4.69) is 18.0 Å². The summed E-state index contributed by atoms with van der Waals surface area (Å²) in [6.07, 6.45) is 7.59. The second-order valence-corrected chi connectivity index (χ2v) is 9.55. The van der Waals surface area contributed by atoms with E-state index >= 15 is 0 Å². The number of pyridine rings is 1. The van der Waals surface area contributed by atoms with Gasteiger partial charge in [-0.1, -0.05) is 60.5 Å². The lowest BCUT2D eigenvalue weighted by Crippen LogP contribution is -2.54. The van der Waals surface area contributed by atoms with E-state index in [1.54, 1.807) is 29.3 Å². The second-order valence-electron chi connectivity index (χ2n) is 8.68. The third-order valence-electron chi connectivity index (χ3n) is 6.38. The summed E-state index contributed by atoms with van der Waals surface area (Å²) in [5.41, 5.74) is 1.40. The fourth-order valence-corrected chi connectivity index (χ4v) is 4.75. The summed E-state index contributed by atoms with van der Waals surface area (Å²) in [4.78, 5) is 35.9. The summed E-state index contributed by atoms with van der Waals surface area (Å²) >= 11 is 12.6. The van der Waals surface area contributed by atoms with Crippen molar-refractivity contribution < 1.29 is 9.59 Å². The van der Waals surface area contributed by atoms with E-state index < -0.39 is 0 Å². The summed E-state index contributed by atoms with van der Waals surface area (Å²) in [6.45, 7) is 4.96. The zero-order valence-electron chi connectivity index (χ0n) is 19.1. The zero-order chi connectivity index (χ0) is 24.1. The van der Waals surface area contributed by atoms with Crippen molar-refractivity contribution in [2.24, 2.45) is 11.8 Å². The number of hydrogen-bond donors (Lipinski definition) is 0. The Morgan fingerprint density at radius 1 is 1.06 bits per heavy atom. The first-order valence-corrected chi connectivity index (χ1v) is 12.2. The lowest BCUT2D eigenvalue weighted by atomic mass is 9.89. The molecule has 0 bridgehead atoms. The number of rotatable bonds is 5. The van der Waals surface area contributed by atoms with Crippen molar-refractivity contribution in [1.29, 1.82) is 0 Å². The Bertz CT molecular complexity index is 1080. The highest BCUT2D eigenvalue weighted by Gasteiger charge is 2.31. The average molecular weight is 499 g/mol. The summed E-state index contributed by atoms with van der Waals surface area (Å²) in [6, 6.07) is 12.8. The summed E-state index contributed by atoms with van der Waals surface area (Å²) in [5, 5.41) is 1.44. The standard InChI is InChI=1S/C26H28Cl2N4O2/c1-19-21(7-5-9-23(19)28)18-32(17-20-6-4-8-22(27)16-20)26(34)31-14-12-30(13-15-31)25(33)24-10-2-3-11-29-24/h2-11,16,19,21H,12-15,17-18H2,1H3. The minimum Gasteiger partial charge on any atom is -0.334 e. The summed E-state index contributed by atoms with van der Waals surface area (Å²) in [7, 11) is 0. The van der Waals surface area contributed by atoms with Crippen molar-refractivity contribution >= 4 is 35.1 Å². The molecule has 4 rings (SSSR count). The molecule has 0 radical (unpaired) electrons. The molecule has 1 aromatic heterocycles. The van der Waals surface area contributed by atoms with Gasteiger partial charge in [-0.15, -0.1) is 0 Å². The molecule has 178 valence electrons. The molecule has 0 spiro atoms. The highest BCUT2D eigenvalue weighted by molar-refractivity contribution is 6.30. The van der Waals surface area contributed by atoms with Crippen molar-refractivity contribution in [2.75, 3.05) is 32.7 Å². The molecule has 2 atom stereocenters. The van der Waals surface area contributed by atoms with Gasteiger partial charge in [0.25, 0.3) is 5.91 Å². The summed E-state index contributed by atoms with van der Waals surface area (Å²) < 4.78 is 0. The molecule has 34 heavy (non-hydrogen) atoms. The molecular weight excluding hydrogens is 471 g/mol. The Hall–Kier alpha value is -2.83. The van der Waals surface area contributed by atoms with Gasteiger partial charge in [0.05, 0.1) is 0 Å². The van der Waals surface area contributed by atoms with Crippen molar-refractivity contribution in [3.8, 4) is 0 Å². The number of nitrogens with zero attached hydrogens (tertiary/aromatic N) is 4. The predicted molar refractivity (Wildman–Crippen MR) is 135 cm³/mol. The van der Waals surface area contributed by atoms with Crippen LogP contribution in [0.15, 0.2) is 71.9 Å². The minimum absolute atomic E-state index is 0.0452. The number of carbonyl (C=O) groups excluding carboxylic acids is 2. The lowest BCUT2D eigenvalue weighted by Gasteiger charge is -2.39. The molecule has 6 nitrogen and oxygen atoms in total. The molecule has 2 aliphatic rings. The van der Waals surface area contributed by atoms with Crippen LogP contribution in [-0.2, 0) is 6.54 Å². The molecule has 1 aliphatic carbocycles. The second kappa shape index (κ2) is 11.1. The zero-order valence-corrected chi connectivity index (χ0v) is 20.6. The number of allylic oxidation sites excluding steroid dienone is 3. The van der Waals surface area contributed by atoms with Crippen LogP contribution in [0.5, 0.6) is 0 Å². The van der Waals surface area contributed by atoms with Gasteiger partial charge in [0.2, 0.25) is 0 Å². The van der Waals surface area contributed by atoms with Crippen LogP contribution < -0.4 is 0 Å². The Labute approximate surface area is 210 Å². The molecule has 0 N–H and O–H groups in total. The molecule has 8 heteroatoms. The van der Waals surface area contributed by atoms with Crippen LogP contribution in [0, 0.1) is 11.8 Å². The SMILES string of the molecule is CC1C(Cl)=CC=CC1CN(Cc1cccc(Cl)c1)C(=O)N1CCN(C(=O)c2ccccn2)CC1. The molecular formula is C26H28Cl2N4O2. The van der Waals surface area contributed by atoms with E-state index in [4.69, 9.17) is 23.2 Å². The predicted octanol–water partition coefficient (Wildman–Crippen LogP) is 5.06. The van der Waals surface area contributed by atoms with Crippen LogP contribution in [0.2, 0.25) is 5.02 Å². The van der Waals surface area contributed by atoms with Crippen LogP contribution in [0.25, 0.3) is 0 Å². The van der Waals surface area contributed by atoms with Gasteiger partial charge >= 0.3 is 6.03 Å². The minimum atomic E-state index is -0.105. The topological polar surface area (TPSA) is 56.8 Å². The number of amides is 3. The van der Waals surface area contributed by atoms with Gasteiger partial charge in [-0.3, -0.25) is 9.78 Å². The highest BCUT2D eigenvalue weighted by atomic mass is 35.5. The van der Waals surface area contributed by atoms with Crippen LogP contribution in [0.1, 0.15) is 23.0 Å². The van der Waals surface area contributed by atoms with Crippen LogP contribution in [0.3, 0.4) is 0 Å². The number of piperazine rings is 1. The Morgan fingerprint density at radius 2 is 1.82 bits per heavy atom. The maximum Gasteiger partial charge on any atom is 0.320 e. The van der Waals surface area contributed by atoms with E-state index in [1.165, 1.54) is 0 Å². The molecule has 1 fully saturated rings. The first-order valence-electron chi connectivity index (χ1n) is 11.4. The maximum absolute atomic E-state index is 13.6.